The first-order valence-electron chi connectivity index (χ1n) is 6.80. The zero-order valence-corrected chi connectivity index (χ0v) is 10.6. The molecule has 5 heteroatoms. The molecule has 1 aromatic rings. The standard InChI is InChI=1S/C13H20N4O/c14-17-13-10-3-1-2-4-11(10)15-12(16-13)7-9-5-6-18-8-9/h9H,1-8,14H2,(H,15,16,17). The second kappa shape index (κ2) is 5.20. The van der Waals surface area contributed by atoms with Gasteiger partial charge in [-0.2, -0.15) is 0 Å². The van der Waals surface area contributed by atoms with Crippen molar-refractivity contribution in [2.24, 2.45) is 11.8 Å². The summed E-state index contributed by atoms with van der Waals surface area (Å²) in [5.41, 5.74) is 5.15. The lowest BCUT2D eigenvalue weighted by atomic mass is 9.96. The maximum Gasteiger partial charge on any atom is 0.147 e. The van der Waals surface area contributed by atoms with Crippen LogP contribution < -0.4 is 11.3 Å². The normalized spacial score (nSPS) is 22.8. The SMILES string of the molecule is NNc1nc(CC2CCOC2)nc2c1CCCC2. The highest BCUT2D eigenvalue weighted by molar-refractivity contribution is 5.46. The summed E-state index contributed by atoms with van der Waals surface area (Å²) in [6, 6.07) is 0. The quantitative estimate of drug-likeness (QED) is 0.621. The van der Waals surface area contributed by atoms with Crippen LogP contribution >= 0.6 is 0 Å². The molecule has 0 bridgehead atoms. The highest BCUT2D eigenvalue weighted by atomic mass is 16.5. The van der Waals surface area contributed by atoms with E-state index < -0.39 is 0 Å². The Morgan fingerprint density at radius 3 is 2.94 bits per heavy atom. The summed E-state index contributed by atoms with van der Waals surface area (Å²) in [4.78, 5) is 9.29. The van der Waals surface area contributed by atoms with Crippen LogP contribution in [-0.4, -0.2) is 23.2 Å². The molecule has 18 heavy (non-hydrogen) atoms. The van der Waals surface area contributed by atoms with Gasteiger partial charge in [0.25, 0.3) is 0 Å². The fourth-order valence-electron chi connectivity index (χ4n) is 2.86. The first kappa shape index (κ1) is 11.9. The minimum Gasteiger partial charge on any atom is -0.381 e. The van der Waals surface area contributed by atoms with Gasteiger partial charge in [-0.25, -0.2) is 15.8 Å². The maximum atomic E-state index is 5.59. The fraction of sp³-hybridized carbons (Fsp3) is 0.692. The largest absolute Gasteiger partial charge is 0.381 e. The Morgan fingerprint density at radius 1 is 1.28 bits per heavy atom. The third-order valence-corrected chi connectivity index (χ3v) is 3.86. The fourth-order valence-corrected chi connectivity index (χ4v) is 2.86. The number of aryl methyl sites for hydroxylation is 1. The molecule has 1 fully saturated rings. The molecule has 98 valence electrons. The van der Waals surface area contributed by atoms with Gasteiger partial charge >= 0.3 is 0 Å². The molecule has 3 rings (SSSR count). The first-order chi connectivity index (χ1) is 8.86. The van der Waals surface area contributed by atoms with Crippen molar-refractivity contribution >= 4 is 5.82 Å². The lowest BCUT2D eigenvalue weighted by Crippen LogP contribution is -2.19. The van der Waals surface area contributed by atoms with E-state index in [-0.39, 0.29) is 0 Å². The smallest absolute Gasteiger partial charge is 0.147 e. The number of ether oxygens (including phenoxy) is 1. The van der Waals surface area contributed by atoms with E-state index in [1.165, 1.54) is 24.1 Å². The van der Waals surface area contributed by atoms with E-state index in [1.807, 2.05) is 0 Å². The molecule has 0 saturated carbocycles. The number of aromatic nitrogens is 2. The number of fused-ring (bicyclic) bond motifs is 1. The number of nitrogens with two attached hydrogens (primary N) is 1. The van der Waals surface area contributed by atoms with Crippen molar-refractivity contribution in [3.63, 3.8) is 0 Å². The number of rotatable bonds is 3. The van der Waals surface area contributed by atoms with Crippen molar-refractivity contribution in [1.29, 1.82) is 0 Å². The number of hydrazine groups is 1. The zero-order valence-electron chi connectivity index (χ0n) is 10.6. The molecule has 1 aliphatic carbocycles. The predicted molar refractivity (Wildman–Crippen MR) is 69.1 cm³/mol. The molecule has 0 radical (unpaired) electrons. The number of hydrogen-bond acceptors (Lipinski definition) is 5. The van der Waals surface area contributed by atoms with Crippen molar-refractivity contribution < 1.29 is 4.74 Å². The monoisotopic (exact) mass is 248 g/mol. The highest BCUT2D eigenvalue weighted by Crippen LogP contribution is 2.26. The summed E-state index contributed by atoms with van der Waals surface area (Å²) in [7, 11) is 0. The summed E-state index contributed by atoms with van der Waals surface area (Å²) < 4.78 is 5.40. The van der Waals surface area contributed by atoms with E-state index in [9.17, 15) is 0 Å². The van der Waals surface area contributed by atoms with Gasteiger partial charge in [0.15, 0.2) is 0 Å². The van der Waals surface area contributed by atoms with Crippen LogP contribution in [0.15, 0.2) is 0 Å². The lowest BCUT2D eigenvalue weighted by molar-refractivity contribution is 0.185. The number of anilines is 1. The van der Waals surface area contributed by atoms with Gasteiger partial charge in [0.1, 0.15) is 11.6 Å². The highest BCUT2D eigenvalue weighted by Gasteiger charge is 2.21. The molecule has 0 aromatic carbocycles. The number of nitrogen functional groups attached to an aromatic ring is 1. The van der Waals surface area contributed by atoms with E-state index in [4.69, 9.17) is 15.6 Å². The van der Waals surface area contributed by atoms with Gasteiger partial charge in [0.2, 0.25) is 0 Å². The van der Waals surface area contributed by atoms with Crippen molar-refractivity contribution in [2.45, 2.75) is 38.5 Å². The second-order valence-corrected chi connectivity index (χ2v) is 5.20. The van der Waals surface area contributed by atoms with Gasteiger partial charge in [-0.1, -0.05) is 0 Å². The topological polar surface area (TPSA) is 73.1 Å². The summed E-state index contributed by atoms with van der Waals surface area (Å²) in [5, 5.41) is 0. The molecule has 0 amide bonds. The molecular weight excluding hydrogens is 228 g/mol. The molecule has 0 spiro atoms. The maximum absolute atomic E-state index is 5.59. The molecule has 2 heterocycles. The van der Waals surface area contributed by atoms with Gasteiger partial charge in [-0.15, -0.1) is 0 Å². The minimum absolute atomic E-state index is 0.567. The van der Waals surface area contributed by atoms with E-state index in [1.54, 1.807) is 0 Å². The number of hydrogen-bond donors (Lipinski definition) is 2. The zero-order chi connectivity index (χ0) is 12.4. The van der Waals surface area contributed by atoms with Crippen molar-refractivity contribution in [1.82, 2.24) is 9.97 Å². The van der Waals surface area contributed by atoms with Crippen LogP contribution in [0.2, 0.25) is 0 Å². The van der Waals surface area contributed by atoms with Crippen molar-refractivity contribution in [3.8, 4) is 0 Å². The number of nitrogens with one attached hydrogen (secondary N) is 1. The Labute approximate surface area is 107 Å². The second-order valence-electron chi connectivity index (χ2n) is 5.20. The third-order valence-electron chi connectivity index (χ3n) is 3.86. The third kappa shape index (κ3) is 2.33. The summed E-state index contributed by atoms with van der Waals surface area (Å²) in [6.07, 6.45) is 6.55. The number of nitrogens with zero attached hydrogens (tertiary/aromatic N) is 2. The first-order valence-corrected chi connectivity index (χ1v) is 6.80. The van der Waals surface area contributed by atoms with E-state index >= 15 is 0 Å². The molecule has 5 nitrogen and oxygen atoms in total. The summed E-state index contributed by atoms with van der Waals surface area (Å²) in [5.74, 6) is 7.90. The minimum atomic E-state index is 0.567. The van der Waals surface area contributed by atoms with Gasteiger partial charge in [-0.05, 0) is 38.0 Å². The van der Waals surface area contributed by atoms with E-state index in [0.717, 1.165) is 50.5 Å². The Bertz CT molecular complexity index is 412. The predicted octanol–water partition coefficient (Wildman–Crippen LogP) is 1.22. The van der Waals surface area contributed by atoms with Crippen LogP contribution in [0.1, 0.15) is 36.3 Å². The van der Waals surface area contributed by atoms with E-state index in [0.29, 0.717) is 5.92 Å². The molecule has 1 aliphatic heterocycles. The van der Waals surface area contributed by atoms with Gasteiger partial charge in [-0.3, -0.25) is 0 Å². The molecule has 3 N–H and O–H groups in total. The molecule has 1 aromatic heterocycles. The average Bonchev–Trinajstić information content (AvgIpc) is 2.90. The van der Waals surface area contributed by atoms with Crippen molar-refractivity contribution in [2.75, 3.05) is 18.6 Å². The van der Waals surface area contributed by atoms with Crippen LogP contribution in [-0.2, 0) is 24.0 Å². The van der Waals surface area contributed by atoms with Crippen LogP contribution in [0.4, 0.5) is 5.82 Å². The van der Waals surface area contributed by atoms with Crippen LogP contribution in [0, 0.1) is 5.92 Å². The molecule has 1 unspecified atom stereocenters. The average molecular weight is 248 g/mol. The Kier molecular flexibility index (Phi) is 3.43. The Balaban J connectivity index is 1.85. The van der Waals surface area contributed by atoms with E-state index in [2.05, 4.69) is 10.4 Å². The summed E-state index contributed by atoms with van der Waals surface area (Å²) in [6.45, 7) is 1.71. The Morgan fingerprint density at radius 2 is 2.17 bits per heavy atom. The summed E-state index contributed by atoms with van der Waals surface area (Å²) >= 11 is 0. The van der Waals surface area contributed by atoms with Crippen molar-refractivity contribution in [3.05, 3.63) is 17.1 Å². The molecule has 2 aliphatic rings. The molecule has 1 saturated heterocycles. The Hall–Kier alpha value is -1.20. The van der Waals surface area contributed by atoms with Gasteiger partial charge < -0.3 is 10.2 Å². The van der Waals surface area contributed by atoms with Crippen LogP contribution in [0.3, 0.4) is 0 Å². The van der Waals surface area contributed by atoms with Gasteiger partial charge in [0.05, 0.1) is 0 Å². The van der Waals surface area contributed by atoms with Crippen LogP contribution in [0.5, 0.6) is 0 Å². The van der Waals surface area contributed by atoms with Gasteiger partial charge in [0, 0.05) is 30.9 Å². The molecule has 1 atom stereocenters. The lowest BCUT2D eigenvalue weighted by Gasteiger charge is -2.19. The molecular formula is C13H20N4O. The van der Waals surface area contributed by atoms with Crippen LogP contribution in [0.25, 0.3) is 0 Å².